The number of hydrogen-bond acceptors (Lipinski definition) is 4. The smallest absolute Gasteiger partial charge is 0.182 e. The van der Waals surface area contributed by atoms with E-state index in [1.165, 1.54) is 12.8 Å². The van der Waals surface area contributed by atoms with Gasteiger partial charge in [0.05, 0.1) is 5.75 Å². The van der Waals surface area contributed by atoms with Gasteiger partial charge >= 0.3 is 0 Å². The molecule has 1 aliphatic heterocycles. The fraction of sp³-hybridized carbons (Fsp3) is 0.600. The molecule has 1 saturated heterocycles. The predicted octanol–water partition coefficient (Wildman–Crippen LogP) is 2.39. The summed E-state index contributed by atoms with van der Waals surface area (Å²) in [6.07, 6.45) is 4.11. The Morgan fingerprint density at radius 3 is 2.80 bits per heavy atom. The lowest BCUT2D eigenvalue weighted by atomic mass is 10.1. The van der Waals surface area contributed by atoms with Crippen molar-refractivity contribution in [2.45, 2.75) is 43.5 Å². The van der Waals surface area contributed by atoms with Crippen LogP contribution in [-0.2, 0) is 9.84 Å². The molecule has 0 amide bonds. The quantitative estimate of drug-likeness (QED) is 0.876. The van der Waals surface area contributed by atoms with Crippen molar-refractivity contribution < 1.29 is 13.2 Å². The monoisotopic (exact) mass is 297 g/mol. The molecule has 1 atom stereocenters. The summed E-state index contributed by atoms with van der Waals surface area (Å²) in [5, 5.41) is 3.40. The molecule has 0 spiro atoms. The van der Waals surface area contributed by atoms with Crippen molar-refractivity contribution in [3.8, 4) is 5.75 Å². The molecular formula is C15H23NO3S. The molecule has 0 aliphatic carbocycles. The van der Waals surface area contributed by atoms with Crippen molar-refractivity contribution in [1.82, 2.24) is 5.32 Å². The van der Waals surface area contributed by atoms with E-state index in [0.29, 0.717) is 29.7 Å². The van der Waals surface area contributed by atoms with Crippen molar-refractivity contribution in [3.05, 3.63) is 24.3 Å². The molecule has 0 radical (unpaired) electrons. The van der Waals surface area contributed by atoms with E-state index in [1.807, 2.05) is 13.0 Å². The predicted molar refractivity (Wildman–Crippen MR) is 79.9 cm³/mol. The van der Waals surface area contributed by atoms with Crippen molar-refractivity contribution in [1.29, 1.82) is 0 Å². The summed E-state index contributed by atoms with van der Waals surface area (Å²) in [5.74, 6) is 0.642. The van der Waals surface area contributed by atoms with Gasteiger partial charge in [-0.1, -0.05) is 25.5 Å². The van der Waals surface area contributed by atoms with Crippen LogP contribution in [0.1, 0.15) is 32.6 Å². The summed E-state index contributed by atoms with van der Waals surface area (Å²) in [4.78, 5) is 0.317. The topological polar surface area (TPSA) is 55.4 Å². The van der Waals surface area contributed by atoms with Crippen LogP contribution in [0.2, 0.25) is 0 Å². The Bertz CT molecular complexity index is 522. The fourth-order valence-corrected chi connectivity index (χ4v) is 3.94. The molecule has 1 N–H and O–H groups in total. The van der Waals surface area contributed by atoms with Gasteiger partial charge in [0.2, 0.25) is 0 Å². The molecule has 1 fully saturated rings. The highest BCUT2D eigenvalue weighted by Crippen LogP contribution is 2.25. The highest BCUT2D eigenvalue weighted by molar-refractivity contribution is 7.91. The van der Waals surface area contributed by atoms with Gasteiger partial charge in [0.15, 0.2) is 9.84 Å². The van der Waals surface area contributed by atoms with Crippen LogP contribution in [0.15, 0.2) is 29.2 Å². The molecule has 1 aromatic rings. The van der Waals surface area contributed by atoms with E-state index in [9.17, 15) is 8.42 Å². The maximum atomic E-state index is 12.2. The SMILES string of the molecule is CCCS(=O)(=O)c1ccccc1OCC1CCCCN1. The minimum atomic E-state index is -3.24. The minimum absolute atomic E-state index is 0.162. The highest BCUT2D eigenvalue weighted by Gasteiger charge is 2.20. The molecule has 4 nitrogen and oxygen atoms in total. The zero-order valence-electron chi connectivity index (χ0n) is 12.0. The molecule has 0 aromatic heterocycles. The molecule has 0 saturated carbocycles. The van der Waals surface area contributed by atoms with Gasteiger partial charge in [0.25, 0.3) is 0 Å². The van der Waals surface area contributed by atoms with Gasteiger partial charge in [-0.3, -0.25) is 0 Å². The van der Waals surface area contributed by atoms with Crippen LogP contribution >= 0.6 is 0 Å². The van der Waals surface area contributed by atoms with Crippen molar-refractivity contribution in [2.75, 3.05) is 18.9 Å². The number of sulfone groups is 1. The largest absolute Gasteiger partial charge is 0.491 e. The number of rotatable bonds is 6. The maximum absolute atomic E-state index is 12.2. The summed E-state index contributed by atoms with van der Waals surface area (Å²) in [5.41, 5.74) is 0. The van der Waals surface area contributed by atoms with Crippen molar-refractivity contribution >= 4 is 9.84 Å². The van der Waals surface area contributed by atoms with E-state index in [0.717, 1.165) is 13.0 Å². The molecule has 1 unspecified atom stereocenters. The molecule has 2 rings (SSSR count). The van der Waals surface area contributed by atoms with E-state index in [-0.39, 0.29) is 5.75 Å². The van der Waals surface area contributed by atoms with Crippen LogP contribution in [0.5, 0.6) is 5.75 Å². The van der Waals surface area contributed by atoms with Gasteiger partial charge in [-0.2, -0.15) is 0 Å². The number of para-hydroxylation sites is 1. The molecule has 0 bridgehead atoms. The molecule has 1 heterocycles. The summed E-state index contributed by atoms with van der Waals surface area (Å²) >= 11 is 0. The number of benzene rings is 1. The third-order valence-electron chi connectivity index (χ3n) is 3.51. The number of nitrogens with one attached hydrogen (secondary N) is 1. The van der Waals surface area contributed by atoms with Crippen LogP contribution in [0.3, 0.4) is 0 Å². The Kier molecular flexibility index (Phi) is 5.43. The Hall–Kier alpha value is -1.07. The average molecular weight is 297 g/mol. The maximum Gasteiger partial charge on any atom is 0.182 e. The van der Waals surface area contributed by atoms with E-state index >= 15 is 0 Å². The Balaban J connectivity index is 2.07. The standard InChI is InChI=1S/C15H23NO3S/c1-2-11-20(17,18)15-9-4-3-8-14(15)19-12-13-7-5-6-10-16-13/h3-4,8-9,13,16H,2,5-7,10-12H2,1H3. The number of piperidine rings is 1. The molecular weight excluding hydrogens is 274 g/mol. The second kappa shape index (κ2) is 7.09. The van der Waals surface area contributed by atoms with E-state index in [1.54, 1.807) is 18.2 Å². The van der Waals surface area contributed by atoms with Gasteiger partial charge in [-0.15, -0.1) is 0 Å². The van der Waals surface area contributed by atoms with Crippen LogP contribution in [0.25, 0.3) is 0 Å². The lowest BCUT2D eigenvalue weighted by Crippen LogP contribution is -2.38. The first-order chi connectivity index (χ1) is 9.63. The first kappa shape index (κ1) is 15.3. The molecule has 20 heavy (non-hydrogen) atoms. The summed E-state index contributed by atoms with van der Waals surface area (Å²) < 4.78 is 30.2. The van der Waals surface area contributed by atoms with Gasteiger partial charge in [0, 0.05) is 6.04 Å². The van der Waals surface area contributed by atoms with E-state index in [2.05, 4.69) is 5.32 Å². The molecule has 1 aromatic carbocycles. The summed E-state index contributed by atoms with van der Waals surface area (Å²) in [6.45, 7) is 3.41. The first-order valence-electron chi connectivity index (χ1n) is 7.31. The van der Waals surface area contributed by atoms with Gasteiger partial charge in [-0.05, 0) is 37.9 Å². The van der Waals surface area contributed by atoms with Gasteiger partial charge in [0.1, 0.15) is 17.3 Å². The second-order valence-corrected chi connectivity index (χ2v) is 7.30. The molecule has 1 aliphatic rings. The lowest BCUT2D eigenvalue weighted by molar-refractivity contribution is 0.234. The third kappa shape index (κ3) is 3.96. The van der Waals surface area contributed by atoms with Crippen molar-refractivity contribution in [2.24, 2.45) is 0 Å². The Morgan fingerprint density at radius 1 is 1.30 bits per heavy atom. The third-order valence-corrected chi connectivity index (χ3v) is 5.46. The van der Waals surface area contributed by atoms with E-state index < -0.39 is 9.84 Å². The van der Waals surface area contributed by atoms with Crippen molar-refractivity contribution in [3.63, 3.8) is 0 Å². The minimum Gasteiger partial charge on any atom is -0.491 e. The number of ether oxygens (including phenoxy) is 1. The van der Waals surface area contributed by atoms with Crippen LogP contribution in [0.4, 0.5) is 0 Å². The first-order valence-corrected chi connectivity index (χ1v) is 8.96. The normalized spacial score (nSPS) is 19.8. The molecule has 5 heteroatoms. The lowest BCUT2D eigenvalue weighted by Gasteiger charge is -2.24. The second-order valence-electron chi connectivity index (χ2n) is 5.22. The Labute approximate surface area is 121 Å². The summed E-state index contributed by atoms with van der Waals surface area (Å²) in [7, 11) is -3.24. The highest BCUT2D eigenvalue weighted by atomic mass is 32.2. The average Bonchev–Trinajstić information content (AvgIpc) is 2.46. The zero-order chi connectivity index (χ0) is 14.4. The Morgan fingerprint density at radius 2 is 2.10 bits per heavy atom. The van der Waals surface area contributed by atoms with Gasteiger partial charge < -0.3 is 10.1 Å². The van der Waals surface area contributed by atoms with Gasteiger partial charge in [-0.25, -0.2) is 8.42 Å². The fourth-order valence-electron chi connectivity index (χ4n) is 2.46. The van der Waals surface area contributed by atoms with Crippen LogP contribution in [-0.4, -0.2) is 33.4 Å². The molecule has 112 valence electrons. The summed E-state index contributed by atoms with van der Waals surface area (Å²) in [6, 6.07) is 7.26. The van der Waals surface area contributed by atoms with Crippen LogP contribution < -0.4 is 10.1 Å². The van der Waals surface area contributed by atoms with Crippen LogP contribution in [0, 0.1) is 0 Å². The number of hydrogen-bond donors (Lipinski definition) is 1. The van der Waals surface area contributed by atoms with E-state index in [4.69, 9.17) is 4.74 Å². The zero-order valence-corrected chi connectivity index (χ0v) is 12.8.